The van der Waals surface area contributed by atoms with E-state index in [-0.39, 0.29) is 0 Å². The molecule has 0 radical (unpaired) electrons. The van der Waals surface area contributed by atoms with E-state index in [1.165, 1.54) is 0 Å². The maximum absolute atomic E-state index is 10.2. The standard InChI is InChI=1S/C15H22N4O/c1-3-15(20,4-2)11-17-9-13-10-18-19-14(13)12-6-5-7-16-8-12/h5-8,10,17,20H,3-4,9,11H2,1-2H3,(H,18,19). The molecular formula is C15H22N4O. The molecule has 0 unspecified atom stereocenters. The van der Waals surface area contributed by atoms with Crippen LogP contribution in [0.3, 0.4) is 0 Å². The Morgan fingerprint density at radius 1 is 1.30 bits per heavy atom. The summed E-state index contributed by atoms with van der Waals surface area (Å²) in [5, 5.41) is 20.7. The summed E-state index contributed by atoms with van der Waals surface area (Å²) < 4.78 is 0. The number of hydrogen-bond donors (Lipinski definition) is 3. The van der Waals surface area contributed by atoms with Crippen LogP contribution in [0.1, 0.15) is 32.3 Å². The number of nitrogens with zero attached hydrogens (tertiary/aromatic N) is 2. The van der Waals surface area contributed by atoms with Crippen molar-refractivity contribution >= 4 is 0 Å². The summed E-state index contributed by atoms with van der Waals surface area (Å²) in [6.45, 7) is 5.26. The smallest absolute Gasteiger partial charge is 0.0766 e. The molecule has 0 atom stereocenters. The average molecular weight is 274 g/mol. The molecule has 2 aromatic heterocycles. The molecule has 0 bridgehead atoms. The summed E-state index contributed by atoms with van der Waals surface area (Å²) in [5.41, 5.74) is 2.44. The second-order valence-corrected chi connectivity index (χ2v) is 5.05. The lowest BCUT2D eigenvalue weighted by molar-refractivity contribution is 0.0323. The van der Waals surface area contributed by atoms with E-state index in [2.05, 4.69) is 20.5 Å². The van der Waals surface area contributed by atoms with Crippen LogP contribution in [0.25, 0.3) is 11.3 Å². The van der Waals surface area contributed by atoms with Crippen LogP contribution >= 0.6 is 0 Å². The van der Waals surface area contributed by atoms with E-state index in [0.717, 1.165) is 29.7 Å². The van der Waals surface area contributed by atoms with Gasteiger partial charge in [-0.2, -0.15) is 5.10 Å². The summed E-state index contributed by atoms with van der Waals surface area (Å²) in [7, 11) is 0. The van der Waals surface area contributed by atoms with Gasteiger partial charge in [0.05, 0.1) is 17.5 Å². The number of rotatable bonds is 7. The molecule has 5 heteroatoms. The summed E-state index contributed by atoms with van der Waals surface area (Å²) in [6, 6.07) is 3.90. The van der Waals surface area contributed by atoms with Crippen molar-refractivity contribution < 1.29 is 5.11 Å². The molecule has 0 spiro atoms. The number of aromatic amines is 1. The Kier molecular flexibility index (Phi) is 4.87. The molecule has 0 saturated carbocycles. The highest BCUT2D eigenvalue weighted by Gasteiger charge is 2.21. The number of aliphatic hydroxyl groups is 1. The largest absolute Gasteiger partial charge is 0.389 e. The zero-order valence-electron chi connectivity index (χ0n) is 12.1. The Balaban J connectivity index is 2.00. The van der Waals surface area contributed by atoms with Gasteiger partial charge in [0.15, 0.2) is 0 Å². The van der Waals surface area contributed by atoms with Crippen molar-refractivity contribution in [2.24, 2.45) is 0 Å². The van der Waals surface area contributed by atoms with Gasteiger partial charge in [-0.15, -0.1) is 0 Å². The third kappa shape index (κ3) is 3.43. The number of pyridine rings is 1. The predicted molar refractivity (Wildman–Crippen MR) is 79.1 cm³/mol. The molecule has 20 heavy (non-hydrogen) atoms. The van der Waals surface area contributed by atoms with Crippen molar-refractivity contribution in [1.82, 2.24) is 20.5 Å². The van der Waals surface area contributed by atoms with E-state index >= 15 is 0 Å². The minimum atomic E-state index is -0.627. The van der Waals surface area contributed by atoms with Gasteiger partial charge in [-0.3, -0.25) is 10.1 Å². The van der Waals surface area contributed by atoms with Gasteiger partial charge in [0.1, 0.15) is 0 Å². The van der Waals surface area contributed by atoms with Crippen molar-refractivity contribution in [3.63, 3.8) is 0 Å². The van der Waals surface area contributed by atoms with E-state index in [0.29, 0.717) is 13.1 Å². The maximum Gasteiger partial charge on any atom is 0.0766 e. The van der Waals surface area contributed by atoms with Gasteiger partial charge in [-0.25, -0.2) is 0 Å². The molecule has 0 fully saturated rings. The number of nitrogens with one attached hydrogen (secondary N) is 2. The SMILES string of the molecule is CCC(O)(CC)CNCc1cn[nH]c1-c1cccnc1. The first-order chi connectivity index (χ1) is 9.68. The molecule has 0 amide bonds. The number of hydrogen-bond acceptors (Lipinski definition) is 4. The Hall–Kier alpha value is -1.72. The van der Waals surface area contributed by atoms with Gasteiger partial charge in [-0.1, -0.05) is 13.8 Å². The highest BCUT2D eigenvalue weighted by Crippen LogP contribution is 2.20. The molecule has 0 aliphatic heterocycles. The van der Waals surface area contributed by atoms with Crippen LogP contribution in [0.4, 0.5) is 0 Å². The van der Waals surface area contributed by atoms with Crippen LogP contribution < -0.4 is 5.32 Å². The van der Waals surface area contributed by atoms with Gasteiger partial charge in [0, 0.05) is 36.6 Å². The zero-order valence-corrected chi connectivity index (χ0v) is 12.1. The van der Waals surface area contributed by atoms with Crippen LogP contribution in [0.5, 0.6) is 0 Å². The van der Waals surface area contributed by atoms with Gasteiger partial charge in [0.2, 0.25) is 0 Å². The quantitative estimate of drug-likeness (QED) is 0.723. The summed E-state index contributed by atoms with van der Waals surface area (Å²) in [5.74, 6) is 0. The lowest BCUT2D eigenvalue weighted by atomic mass is 9.97. The van der Waals surface area contributed by atoms with Crippen molar-refractivity contribution in [2.75, 3.05) is 6.54 Å². The van der Waals surface area contributed by atoms with Crippen molar-refractivity contribution in [3.05, 3.63) is 36.3 Å². The Labute approximate surface area is 119 Å². The van der Waals surface area contributed by atoms with Crippen LogP contribution in [-0.4, -0.2) is 32.4 Å². The van der Waals surface area contributed by atoms with Crippen LogP contribution in [0.15, 0.2) is 30.7 Å². The van der Waals surface area contributed by atoms with E-state index in [4.69, 9.17) is 0 Å². The maximum atomic E-state index is 10.2. The third-order valence-electron chi connectivity index (χ3n) is 3.75. The first-order valence-corrected chi connectivity index (χ1v) is 7.04. The fraction of sp³-hybridized carbons (Fsp3) is 0.467. The first-order valence-electron chi connectivity index (χ1n) is 7.04. The zero-order chi connectivity index (χ0) is 14.4. The fourth-order valence-corrected chi connectivity index (χ4v) is 2.14. The third-order valence-corrected chi connectivity index (χ3v) is 3.75. The molecule has 2 rings (SSSR count). The summed E-state index contributed by atoms with van der Waals surface area (Å²) in [6.07, 6.45) is 6.87. The highest BCUT2D eigenvalue weighted by molar-refractivity contribution is 5.61. The lowest BCUT2D eigenvalue weighted by Crippen LogP contribution is -2.39. The predicted octanol–water partition coefficient (Wildman–Crippen LogP) is 2.11. The van der Waals surface area contributed by atoms with Gasteiger partial charge in [-0.05, 0) is 25.0 Å². The Morgan fingerprint density at radius 2 is 2.10 bits per heavy atom. The van der Waals surface area contributed by atoms with Gasteiger partial charge < -0.3 is 10.4 Å². The molecular weight excluding hydrogens is 252 g/mol. The number of H-pyrrole nitrogens is 1. The van der Waals surface area contributed by atoms with E-state index in [9.17, 15) is 5.11 Å². The average Bonchev–Trinajstić information content (AvgIpc) is 2.96. The molecule has 5 nitrogen and oxygen atoms in total. The van der Waals surface area contributed by atoms with Crippen molar-refractivity contribution in [3.8, 4) is 11.3 Å². The molecule has 0 saturated heterocycles. The summed E-state index contributed by atoms with van der Waals surface area (Å²) in [4.78, 5) is 4.12. The second-order valence-electron chi connectivity index (χ2n) is 5.05. The normalized spacial score (nSPS) is 11.8. The number of aromatic nitrogens is 3. The highest BCUT2D eigenvalue weighted by atomic mass is 16.3. The first kappa shape index (κ1) is 14.7. The Morgan fingerprint density at radius 3 is 2.75 bits per heavy atom. The van der Waals surface area contributed by atoms with Crippen LogP contribution in [0, 0.1) is 0 Å². The van der Waals surface area contributed by atoms with E-state index < -0.39 is 5.60 Å². The monoisotopic (exact) mass is 274 g/mol. The molecule has 108 valence electrons. The van der Waals surface area contributed by atoms with Crippen LogP contribution in [-0.2, 0) is 6.54 Å². The molecule has 2 heterocycles. The van der Waals surface area contributed by atoms with Gasteiger partial charge >= 0.3 is 0 Å². The molecule has 0 aromatic carbocycles. The minimum Gasteiger partial charge on any atom is -0.389 e. The molecule has 0 aliphatic carbocycles. The second kappa shape index (κ2) is 6.63. The van der Waals surface area contributed by atoms with E-state index in [1.54, 1.807) is 6.20 Å². The van der Waals surface area contributed by atoms with E-state index in [1.807, 2.05) is 38.4 Å². The minimum absolute atomic E-state index is 0.581. The molecule has 0 aliphatic rings. The van der Waals surface area contributed by atoms with Crippen molar-refractivity contribution in [2.45, 2.75) is 38.8 Å². The Bertz CT molecular complexity index is 520. The summed E-state index contributed by atoms with van der Waals surface area (Å²) >= 11 is 0. The van der Waals surface area contributed by atoms with Crippen LogP contribution in [0.2, 0.25) is 0 Å². The molecule has 3 N–H and O–H groups in total. The van der Waals surface area contributed by atoms with Crippen molar-refractivity contribution in [1.29, 1.82) is 0 Å². The fourth-order valence-electron chi connectivity index (χ4n) is 2.14. The lowest BCUT2D eigenvalue weighted by Gasteiger charge is -2.25. The molecule has 2 aromatic rings. The van der Waals surface area contributed by atoms with Gasteiger partial charge in [0.25, 0.3) is 0 Å². The topological polar surface area (TPSA) is 73.8 Å².